The van der Waals surface area contributed by atoms with Crippen LogP contribution in [0.2, 0.25) is 0 Å². The number of rotatable bonds is 1. The minimum absolute atomic E-state index is 0.114. The molecule has 2 aromatic rings. The van der Waals surface area contributed by atoms with E-state index in [1.807, 2.05) is 0 Å². The topological polar surface area (TPSA) is 97.5 Å². The Balaban J connectivity index is 2.28. The zero-order valence-electron chi connectivity index (χ0n) is 10.2. The largest absolute Gasteiger partial charge is 0.506 e. The maximum absolute atomic E-state index is 11.6. The molecule has 96 valence electrons. The van der Waals surface area contributed by atoms with Crippen LogP contribution in [0.15, 0.2) is 16.8 Å². The fourth-order valence-electron chi connectivity index (χ4n) is 1.37. The molecule has 0 aliphatic rings. The highest BCUT2D eigenvalue weighted by atomic mass is 16.6. The minimum atomic E-state index is -0.687. The highest BCUT2D eigenvalue weighted by Gasteiger charge is 2.19. The van der Waals surface area contributed by atoms with Crippen molar-refractivity contribution in [1.82, 2.24) is 10.3 Å². The number of nitrogens with zero attached hydrogens (tertiary/aromatic N) is 2. The van der Waals surface area contributed by atoms with E-state index in [1.54, 1.807) is 20.8 Å². The van der Waals surface area contributed by atoms with E-state index in [0.717, 1.165) is 0 Å². The molecule has 7 heteroatoms. The van der Waals surface area contributed by atoms with E-state index < -0.39 is 11.7 Å². The molecule has 7 nitrogen and oxygen atoms in total. The predicted molar refractivity (Wildman–Crippen MR) is 63.3 cm³/mol. The number of fused-ring (bicyclic) bond motifs is 1. The van der Waals surface area contributed by atoms with E-state index in [9.17, 15) is 9.90 Å². The molecule has 1 aromatic carbocycles. The molecule has 1 amide bonds. The number of carbonyl (C=O) groups excluding carboxylic acids is 1. The normalized spacial score (nSPS) is 11.5. The van der Waals surface area contributed by atoms with Gasteiger partial charge in [-0.25, -0.2) is 9.42 Å². The van der Waals surface area contributed by atoms with Gasteiger partial charge in [0, 0.05) is 0 Å². The second-order valence-corrected chi connectivity index (χ2v) is 4.72. The summed E-state index contributed by atoms with van der Waals surface area (Å²) in [7, 11) is 0. The van der Waals surface area contributed by atoms with Gasteiger partial charge in [0.05, 0.1) is 0 Å². The molecule has 1 aromatic heterocycles. The lowest BCUT2D eigenvalue weighted by Crippen LogP contribution is -2.27. The smallest absolute Gasteiger partial charge is 0.412 e. The summed E-state index contributed by atoms with van der Waals surface area (Å²) >= 11 is 0. The highest BCUT2D eigenvalue weighted by molar-refractivity contribution is 5.99. The van der Waals surface area contributed by atoms with E-state index in [4.69, 9.17) is 4.74 Å². The van der Waals surface area contributed by atoms with Gasteiger partial charge in [0.1, 0.15) is 22.6 Å². The van der Waals surface area contributed by atoms with E-state index in [1.165, 1.54) is 12.1 Å². The van der Waals surface area contributed by atoms with Gasteiger partial charge in [0.25, 0.3) is 0 Å². The van der Waals surface area contributed by atoms with Crippen molar-refractivity contribution in [3.05, 3.63) is 12.1 Å². The highest BCUT2D eigenvalue weighted by Crippen LogP contribution is 2.30. The van der Waals surface area contributed by atoms with Gasteiger partial charge in [-0.05, 0) is 43.2 Å². The van der Waals surface area contributed by atoms with Gasteiger partial charge < -0.3 is 9.84 Å². The Hall–Kier alpha value is -2.31. The Labute approximate surface area is 103 Å². The van der Waals surface area contributed by atoms with E-state index in [0.29, 0.717) is 5.52 Å². The van der Waals surface area contributed by atoms with Crippen LogP contribution in [-0.4, -0.2) is 27.1 Å². The molecule has 0 saturated carbocycles. The summed E-state index contributed by atoms with van der Waals surface area (Å²) in [4.78, 5) is 11.6. The van der Waals surface area contributed by atoms with Crippen molar-refractivity contribution in [2.45, 2.75) is 26.4 Å². The van der Waals surface area contributed by atoms with Gasteiger partial charge in [-0.15, -0.1) is 0 Å². The number of anilines is 1. The second kappa shape index (κ2) is 4.17. The van der Waals surface area contributed by atoms with Gasteiger partial charge in [-0.3, -0.25) is 5.32 Å². The van der Waals surface area contributed by atoms with Gasteiger partial charge in [-0.1, -0.05) is 0 Å². The lowest BCUT2D eigenvalue weighted by atomic mass is 10.2. The first kappa shape index (κ1) is 12.2. The summed E-state index contributed by atoms with van der Waals surface area (Å²) in [5.41, 5.74) is 0.179. The molecule has 0 aliphatic heterocycles. The zero-order chi connectivity index (χ0) is 13.3. The average Bonchev–Trinajstić information content (AvgIpc) is 2.67. The molecule has 0 atom stereocenters. The molecule has 2 N–H and O–H groups in total. The van der Waals surface area contributed by atoms with Crippen LogP contribution < -0.4 is 5.32 Å². The van der Waals surface area contributed by atoms with Gasteiger partial charge in [0.15, 0.2) is 5.52 Å². The lowest BCUT2D eigenvalue weighted by molar-refractivity contribution is 0.0635. The summed E-state index contributed by atoms with van der Waals surface area (Å²) in [6.07, 6.45) is -0.687. The van der Waals surface area contributed by atoms with Gasteiger partial charge in [0.2, 0.25) is 0 Å². The number of phenols is 1. The molecule has 0 spiro atoms. The number of benzene rings is 1. The van der Waals surface area contributed by atoms with Crippen LogP contribution in [0.3, 0.4) is 0 Å². The summed E-state index contributed by atoms with van der Waals surface area (Å²) in [5, 5.41) is 19.3. The van der Waals surface area contributed by atoms with Crippen molar-refractivity contribution >= 4 is 22.8 Å². The maximum atomic E-state index is 11.6. The first-order chi connectivity index (χ1) is 8.37. The lowest BCUT2D eigenvalue weighted by Gasteiger charge is -2.19. The second-order valence-electron chi connectivity index (χ2n) is 4.72. The van der Waals surface area contributed by atoms with Crippen molar-refractivity contribution in [3.8, 4) is 5.75 Å². The molecule has 2 rings (SSSR count). The predicted octanol–water partition coefficient (Wildman–Crippen LogP) is 2.28. The fourth-order valence-corrected chi connectivity index (χ4v) is 1.37. The number of aromatic hydroxyl groups is 1. The molecular weight excluding hydrogens is 238 g/mol. The first-order valence-electron chi connectivity index (χ1n) is 5.31. The minimum Gasteiger partial charge on any atom is -0.506 e. The number of aromatic nitrogens is 2. The SMILES string of the molecule is CC(C)(C)OC(=O)Nc1c(O)ccc2nonc12. The van der Waals surface area contributed by atoms with Crippen LogP contribution in [0, 0.1) is 0 Å². The summed E-state index contributed by atoms with van der Waals surface area (Å²) in [6, 6.07) is 2.92. The average molecular weight is 251 g/mol. The number of ether oxygens (including phenoxy) is 1. The molecular formula is C11H13N3O4. The van der Waals surface area contributed by atoms with Crippen molar-refractivity contribution in [2.75, 3.05) is 5.32 Å². The van der Waals surface area contributed by atoms with Crippen LogP contribution >= 0.6 is 0 Å². The van der Waals surface area contributed by atoms with Crippen LogP contribution in [0.5, 0.6) is 5.75 Å². The summed E-state index contributed by atoms with van der Waals surface area (Å²) in [6.45, 7) is 5.22. The fraction of sp³-hybridized carbons (Fsp3) is 0.364. The molecule has 0 aliphatic carbocycles. The molecule has 0 saturated heterocycles. The molecule has 1 heterocycles. The Bertz CT molecular complexity index is 585. The standard InChI is InChI=1S/C11H13N3O4/c1-11(2,3)17-10(16)12-9-7(15)5-4-6-8(9)14-18-13-6/h4-5,15H,1-3H3,(H,12,16). The monoisotopic (exact) mass is 251 g/mol. The maximum Gasteiger partial charge on any atom is 0.412 e. The third-order valence-electron chi connectivity index (χ3n) is 2.03. The van der Waals surface area contributed by atoms with Gasteiger partial charge in [-0.2, -0.15) is 0 Å². The number of nitrogens with one attached hydrogen (secondary N) is 1. The summed E-state index contributed by atoms with van der Waals surface area (Å²) < 4.78 is 9.62. The number of hydrogen-bond donors (Lipinski definition) is 2. The Morgan fingerprint density at radius 1 is 1.39 bits per heavy atom. The van der Waals surface area contributed by atoms with E-state index >= 15 is 0 Å². The van der Waals surface area contributed by atoms with E-state index in [-0.39, 0.29) is 17.0 Å². The van der Waals surface area contributed by atoms with Crippen LogP contribution in [0.1, 0.15) is 20.8 Å². The van der Waals surface area contributed by atoms with Crippen molar-refractivity contribution in [3.63, 3.8) is 0 Å². The molecule has 0 fully saturated rings. The number of amides is 1. The van der Waals surface area contributed by atoms with E-state index in [2.05, 4.69) is 20.3 Å². The first-order valence-corrected chi connectivity index (χ1v) is 5.31. The zero-order valence-corrected chi connectivity index (χ0v) is 10.2. The molecule has 18 heavy (non-hydrogen) atoms. The Morgan fingerprint density at radius 3 is 2.78 bits per heavy atom. The number of carbonyl (C=O) groups is 1. The Kier molecular flexibility index (Phi) is 2.82. The van der Waals surface area contributed by atoms with Crippen molar-refractivity contribution in [1.29, 1.82) is 0 Å². The van der Waals surface area contributed by atoms with Crippen molar-refractivity contribution < 1.29 is 19.3 Å². The number of phenolic OH excluding ortho intramolecular Hbond substituents is 1. The third kappa shape index (κ3) is 2.50. The molecule has 0 unspecified atom stereocenters. The quantitative estimate of drug-likeness (QED) is 0.754. The Morgan fingerprint density at radius 2 is 2.11 bits per heavy atom. The van der Waals surface area contributed by atoms with Gasteiger partial charge >= 0.3 is 6.09 Å². The molecule has 0 radical (unpaired) electrons. The van der Waals surface area contributed by atoms with Crippen LogP contribution in [0.25, 0.3) is 11.0 Å². The van der Waals surface area contributed by atoms with Crippen LogP contribution in [0.4, 0.5) is 10.5 Å². The third-order valence-corrected chi connectivity index (χ3v) is 2.03. The van der Waals surface area contributed by atoms with Crippen molar-refractivity contribution in [2.24, 2.45) is 0 Å². The van der Waals surface area contributed by atoms with Crippen LogP contribution in [-0.2, 0) is 4.74 Å². The summed E-state index contributed by atoms with van der Waals surface area (Å²) in [5.74, 6) is -0.135. The molecule has 0 bridgehead atoms. The number of hydrogen-bond acceptors (Lipinski definition) is 6.